The second-order valence-electron chi connectivity index (χ2n) is 7.22. The van der Waals surface area contributed by atoms with Crippen molar-refractivity contribution in [1.29, 1.82) is 0 Å². The van der Waals surface area contributed by atoms with Gasteiger partial charge in [0.15, 0.2) is 6.10 Å². The summed E-state index contributed by atoms with van der Waals surface area (Å²) in [4.78, 5) is 27.6. The quantitative estimate of drug-likeness (QED) is 0.797. The number of carboxylic acid groups (broad SMARTS) is 1. The van der Waals surface area contributed by atoms with Crippen LogP contribution in [-0.4, -0.2) is 52.5 Å². The summed E-state index contributed by atoms with van der Waals surface area (Å²) in [5.74, 6) is -0.356. The van der Waals surface area contributed by atoms with Gasteiger partial charge >= 0.3 is 5.97 Å². The summed E-state index contributed by atoms with van der Waals surface area (Å²) < 4.78 is 5.56. The second kappa shape index (κ2) is 8.89. The molecule has 2 aromatic rings. The maximum atomic E-state index is 12.6. The standard InChI is InChI=1S/C22H26N2O4/c1-16-7-9-18(10-8-16)13-24-12-11-23(15-21(24)25)14-19-5-3-4-6-20(19)28-17(2)22(26)27/h3-10,17H,11-15H2,1-2H3,(H,26,27)/t17-/m0/s1. The number of carbonyl (C=O) groups is 2. The Kier molecular flexibility index (Phi) is 6.31. The zero-order valence-electron chi connectivity index (χ0n) is 16.3. The van der Waals surface area contributed by atoms with Crippen LogP contribution in [0.15, 0.2) is 48.5 Å². The van der Waals surface area contributed by atoms with E-state index in [0.29, 0.717) is 31.9 Å². The number of aryl methyl sites for hydroxylation is 1. The largest absolute Gasteiger partial charge is 0.479 e. The second-order valence-corrected chi connectivity index (χ2v) is 7.22. The summed E-state index contributed by atoms with van der Waals surface area (Å²) in [7, 11) is 0. The van der Waals surface area contributed by atoms with Crippen molar-refractivity contribution >= 4 is 11.9 Å². The van der Waals surface area contributed by atoms with Gasteiger partial charge in [-0.1, -0.05) is 48.0 Å². The molecule has 2 aromatic carbocycles. The summed E-state index contributed by atoms with van der Waals surface area (Å²) in [6.45, 7) is 6.50. The third-order valence-corrected chi connectivity index (χ3v) is 4.91. The number of amides is 1. The van der Waals surface area contributed by atoms with Crippen LogP contribution in [0.3, 0.4) is 0 Å². The molecule has 1 amide bonds. The van der Waals surface area contributed by atoms with Crippen LogP contribution in [0.5, 0.6) is 5.75 Å². The fraction of sp³-hybridized carbons (Fsp3) is 0.364. The molecule has 1 fully saturated rings. The van der Waals surface area contributed by atoms with Crippen LogP contribution < -0.4 is 4.74 Å². The van der Waals surface area contributed by atoms with Crippen LogP contribution in [0.2, 0.25) is 0 Å². The zero-order valence-corrected chi connectivity index (χ0v) is 16.3. The fourth-order valence-electron chi connectivity index (χ4n) is 3.20. The maximum absolute atomic E-state index is 12.6. The molecule has 0 spiro atoms. The van der Waals surface area contributed by atoms with E-state index >= 15 is 0 Å². The number of ether oxygens (including phenoxy) is 1. The van der Waals surface area contributed by atoms with Gasteiger partial charge in [-0.25, -0.2) is 4.79 Å². The molecule has 0 bridgehead atoms. The van der Waals surface area contributed by atoms with Crippen molar-refractivity contribution in [2.24, 2.45) is 0 Å². The molecule has 0 radical (unpaired) electrons. The van der Waals surface area contributed by atoms with Gasteiger partial charge < -0.3 is 14.7 Å². The summed E-state index contributed by atoms with van der Waals surface area (Å²) in [6, 6.07) is 15.6. The van der Waals surface area contributed by atoms with Crippen molar-refractivity contribution in [3.8, 4) is 5.75 Å². The molecular weight excluding hydrogens is 356 g/mol. The van der Waals surface area contributed by atoms with Crippen molar-refractivity contribution in [2.75, 3.05) is 19.6 Å². The molecule has 1 aliphatic rings. The van der Waals surface area contributed by atoms with Crippen LogP contribution in [0.1, 0.15) is 23.6 Å². The lowest BCUT2D eigenvalue weighted by Crippen LogP contribution is -2.49. The Bertz CT molecular complexity index is 835. The molecule has 6 nitrogen and oxygen atoms in total. The summed E-state index contributed by atoms with van der Waals surface area (Å²) >= 11 is 0. The Balaban J connectivity index is 1.60. The third kappa shape index (κ3) is 5.10. The highest BCUT2D eigenvalue weighted by Gasteiger charge is 2.25. The molecule has 3 rings (SSSR count). The van der Waals surface area contributed by atoms with Crippen molar-refractivity contribution in [3.05, 3.63) is 65.2 Å². The molecule has 1 aliphatic heterocycles. The molecule has 0 aromatic heterocycles. The van der Waals surface area contributed by atoms with Gasteiger partial charge in [-0.3, -0.25) is 9.69 Å². The highest BCUT2D eigenvalue weighted by molar-refractivity contribution is 5.79. The lowest BCUT2D eigenvalue weighted by Gasteiger charge is -2.34. The number of rotatable bonds is 7. The minimum absolute atomic E-state index is 0.101. The molecule has 1 saturated heterocycles. The van der Waals surface area contributed by atoms with Crippen molar-refractivity contribution < 1.29 is 19.4 Å². The number of carboxylic acids is 1. The van der Waals surface area contributed by atoms with E-state index in [1.807, 2.05) is 30.0 Å². The Labute approximate surface area is 165 Å². The summed E-state index contributed by atoms with van der Waals surface area (Å²) in [5, 5.41) is 9.07. The van der Waals surface area contributed by atoms with Gasteiger partial charge in [0.05, 0.1) is 6.54 Å². The number of para-hydroxylation sites is 1. The van der Waals surface area contributed by atoms with Crippen molar-refractivity contribution in [1.82, 2.24) is 9.80 Å². The van der Waals surface area contributed by atoms with Crippen molar-refractivity contribution in [3.63, 3.8) is 0 Å². The molecule has 1 N–H and O–H groups in total. The molecule has 148 valence electrons. The molecular formula is C22H26N2O4. The van der Waals surface area contributed by atoms with Gasteiger partial charge in [-0.15, -0.1) is 0 Å². The van der Waals surface area contributed by atoms with Crippen LogP contribution >= 0.6 is 0 Å². The van der Waals surface area contributed by atoms with E-state index in [9.17, 15) is 9.59 Å². The minimum Gasteiger partial charge on any atom is -0.479 e. The zero-order chi connectivity index (χ0) is 20.1. The van der Waals surface area contributed by atoms with Gasteiger partial charge in [-0.2, -0.15) is 0 Å². The maximum Gasteiger partial charge on any atom is 0.344 e. The van der Waals surface area contributed by atoms with E-state index in [1.165, 1.54) is 12.5 Å². The Morgan fingerprint density at radius 3 is 2.50 bits per heavy atom. The SMILES string of the molecule is Cc1ccc(CN2CCN(Cc3ccccc3O[C@@H](C)C(=O)O)CC2=O)cc1. The van der Waals surface area contributed by atoms with E-state index < -0.39 is 12.1 Å². The number of piperazine rings is 1. The monoisotopic (exact) mass is 382 g/mol. The molecule has 1 atom stereocenters. The normalized spacial score (nSPS) is 16.1. The smallest absolute Gasteiger partial charge is 0.344 e. The highest BCUT2D eigenvalue weighted by atomic mass is 16.5. The fourth-order valence-corrected chi connectivity index (χ4v) is 3.20. The van der Waals surface area contributed by atoms with E-state index in [2.05, 4.69) is 29.2 Å². The Hall–Kier alpha value is -2.86. The predicted molar refractivity (Wildman–Crippen MR) is 106 cm³/mol. The van der Waals surface area contributed by atoms with E-state index in [-0.39, 0.29) is 5.91 Å². The predicted octanol–water partition coefficient (Wildman–Crippen LogP) is 2.69. The van der Waals surface area contributed by atoms with Gasteiger partial charge in [0.1, 0.15) is 5.75 Å². The summed E-state index contributed by atoms with van der Waals surface area (Å²) in [5.41, 5.74) is 3.22. The van der Waals surface area contributed by atoms with E-state index in [4.69, 9.17) is 9.84 Å². The van der Waals surface area contributed by atoms with Gasteiger partial charge in [0.25, 0.3) is 0 Å². The van der Waals surface area contributed by atoms with Crippen LogP contribution in [0.4, 0.5) is 0 Å². The molecule has 1 heterocycles. The number of hydrogen-bond acceptors (Lipinski definition) is 4. The molecule has 6 heteroatoms. The molecule has 0 unspecified atom stereocenters. The van der Waals surface area contributed by atoms with E-state index in [1.54, 1.807) is 6.07 Å². The average Bonchev–Trinajstić information content (AvgIpc) is 2.67. The topological polar surface area (TPSA) is 70.1 Å². The lowest BCUT2D eigenvalue weighted by atomic mass is 10.1. The molecule has 0 saturated carbocycles. The lowest BCUT2D eigenvalue weighted by molar-refractivity contribution is -0.144. The van der Waals surface area contributed by atoms with Crippen LogP contribution in [0, 0.1) is 6.92 Å². The molecule has 28 heavy (non-hydrogen) atoms. The third-order valence-electron chi connectivity index (χ3n) is 4.91. The van der Waals surface area contributed by atoms with Crippen molar-refractivity contribution in [2.45, 2.75) is 33.0 Å². The average molecular weight is 382 g/mol. The first-order valence-corrected chi connectivity index (χ1v) is 9.45. The van der Waals surface area contributed by atoms with Gasteiger partial charge in [-0.05, 0) is 25.5 Å². The van der Waals surface area contributed by atoms with Gasteiger partial charge in [0.2, 0.25) is 5.91 Å². The first kappa shape index (κ1) is 19.9. The van der Waals surface area contributed by atoms with E-state index in [0.717, 1.165) is 17.7 Å². The number of aliphatic carboxylic acids is 1. The Morgan fingerprint density at radius 2 is 1.82 bits per heavy atom. The first-order valence-electron chi connectivity index (χ1n) is 9.45. The summed E-state index contributed by atoms with van der Waals surface area (Å²) in [6.07, 6.45) is -0.922. The van der Waals surface area contributed by atoms with Crippen LogP contribution in [0.25, 0.3) is 0 Å². The number of hydrogen-bond donors (Lipinski definition) is 1. The number of nitrogens with zero attached hydrogens (tertiary/aromatic N) is 2. The number of carbonyl (C=O) groups excluding carboxylic acids is 1. The first-order chi connectivity index (χ1) is 13.4. The van der Waals surface area contributed by atoms with Crippen LogP contribution in [-0.2, 0) is 22.7 Å². The Morgan fingerprint density at radius 1 is 1.11 bits per heavy atom. The van der Waals surface area contributed by atoms with Gasteiger partial charge in [0, 0.05) is 31.7 Å². The molecule has 0 aliphatic carbocycles. The minimum atomic E-state index is -1.00. The number of benzene rings is 2. The highest BCUT2D eigenvalue weighted by Crippen LogP contribution is 2.22.